The van der Waals surface area contributed by atoms with Gasteiger partial charge in [0, 0.05) is 43.3 Å². The van der Waals surface area contributed by atoms with Gasteiger partial charge in [-0.25, -0.2) is 4.98 Å². The quantitative estimate of drug-likeness (QED) is 0.659. The molecule has 1 aliphatic heterocycles. The summed E-state index contributed by atoms with van der Waals surface area (Å²) < 4.78 is 8.24. The predicted molar refractivity (Wildman–Crippen MR) is 108 cm³/mol. The first-order valence-corrected chi connectivity index (χ1v) is 10.5. The Kier molecular flexibility index (Phi) is 4.46. The number of piperidine rings is 1. The number of amides is 1. The second-order valence-electron chi connectivity index (χ2n) is 8.41. The number of rotatable bonds is 4. The Labute approximate surface area is 165 Å². The SMILES string of the molecule is Cc1cccc2cc(C(=O)N3CCC(c4nccn4CC4CCC4)CC3)oc12. The molecule has 3 aromatic rings. The zero-order valence-corrected chi connectivity index (χ0v) is 16.4. The molecular formula is C23H27N3O2. The lowest BCUT2D eigenvalue weighted by atomic mass is 9.85. The van der Waals surface area contributed by atoms with Gasteiger partial charge in [-0.05, 0) is 50.2 Å². The van der Waals surface area contributed by atoms with Gasteiger partial charge in [0.05, 0.1) is 0 Å². The molecule has 1 amide bonds. The van der Waals surface area contributed by atoms with Gasteiger partial charge in [0.1, 0.15) is 11.4 Å². The molecule has 0 bridgehead atoms. The summed E-state index contributed by atoms with van der Waals surface area (Å²) in [6.45, 7) is 4.63. The maximum absolute atomic E-state index is 12.9. The van der Waals surface area contributed by atoms with E-state index in [0.29, 0.717) is 11.7 Å². The van der Waals surface area contributed by atoms with Gasteiger partial charge in [0.2, 0.25) is 0 Å². The molecule has 0 unspecified atom stereocenters. The maximum atomic E-state index is 12.9. The van der Waals surface area contributed by atoms with Crippen LogP contribution in [0.1, 0.15) is 60.0 Å². The topological polar surface area (TPSA) is 51.3 Å². The first-order chi connectivity index (χ1) is 13.7. The second-order valence-corrected chi connectivity index (χ2v) is 8.41. The Bertz CT molecular complexity index is 990. The highest BCUT2D eigenvalue weighted by Gasteiger charge is 2.29. The van der Waals surface area contributed by atoms with Gasteiger partial charge < -0.3 is 13.9 Å². The third-order valence-corrected chi connectivity index (χ3v) is 6.53. The molecular weight excluding hydrogens is 350 g/mol. The van der Waals surface area contributed by atoms with Crippen molar-refractivity contribution in [3.05, 3.63) is 53.8 Å². The molecule has 5 nitrogen and oxygen atoms in total. The van der Waals surface area contributed by atoms with Gasteiger partial charge in [-0.15, -0.1) is 0 Å². The van der Waals surface area contributed by atoms with Gasteiger partial charge in [-0.3, -0.25) is 4.79 Å². The van der Waals surface area contributed by atoms with Crippen LogP contribution in [0.25, 0.3) is 11.0 Å². The van der Waals surface area contributed by atoms with Crippen molar-refractivity contribution in [2.24, 2.45) is 5.92 Å². The molecule has 0 radical (unpaired) electrons. The summed E-state index contributed by atoms with van der Waals surface area (Å²) in [6.07, 6.45) is 10.1. The van der Waals surface area contributed by atoms with E-state index in [1.54, 1.807) is 0 Å². The third kappa shape index (κ3) is 3.13. The number of para-hydroxylation sites is 1. The van der Waals surface area contributed by atoms with Gasteiger partial charge in [-0.2, -0.15) is 0 Å². The molecule has 2 fully saturated rings. The fourth-order valence-electron chi connectivity index (χ4n) is 4.60. The number of aryl methyl sites for hydroxylation is 1. The molecule has 146 valence electrons. The van der Waals surface area contributed by atoms with Crippen LogP contribution in [0.4, 0.5) is 0 Å². The van der Waals surface area contributed by atoms with Gasteiger partial charge in [0.15, 0.2) is 5.76 Å². The molecule has 1 saturated heterocycles. The fourth-order valence-corrected chi connectivity index (χ4v) is 4.60. The zero-order chi connectivity index (χ0) is 19.1. The number of hydrogen-bond donors (Lipinski definition) is 0. The minimum atomic E-state index is 0.00635. The number of likely N-dealkylation sites (tertiary alicyclic amines) is 1. The monoisotopic (exact) mass is 377 g/mol. The molecule has 0 spiro atoms. The Morgan fingerprint density at radius 2 is 2.04 bits per heavy atom. The summed E-state index contributed by atoms with van der Waals surface area (Å²) in [7, 11) is 0. The Hall–Kier alpha value is -2.56. The maximum Gasteiger partial charge on any atom is 0.289 e. The van der Waals surface area contributed by atoms with Crippen molar-refractivity contribution in [1.29, 1.82) is 0 Å². The summed E-state index contributed by atoms with van der Waals surface area (Å²) in [4.78, 5) is 19.5. The van der Waals surface area contributed by atoms with Crippen LogP contribution in [0.5, 0.6) is 0 Å². The van der Waals surface area contributed by atoms with E-state index >= 15 is 0 Å². The molecule has 1 aromatic carbocycles. The minimum absolute atomic E-state index is 0.00635. The van der Waals surface area contributed by atoms with E-state index in [1.807, 2.05) is 42.3 Å². The number of fused-ring (bicyclic) bond motifs is 1. The molecule has 2 aromatic heterocycles. The van der Waals surface area contributed by atoms with Crippen LogP contribution in [-0.2, 0) is 6.54 Å². The molecule has 3 heterocycles. The fraction of sp³-hybridized carbons (Fsp3) is 0.478. The second kappa shape index (κ2) is 7.12. The van der Waals surface area contributed by atoms with Crippen LogP contribution < -0.4 is 0 Å². The Balaban J connectivity index is 1.26. The molecule has 0 N–H and O–H groups in total. The van der Waals surface area contributed by atoms with Crippen LogP contribution in [0, 0.1) is 12.8 Å². The van der Waals surface area contributed by atoms with E-state index in [4.69, 9.17) is 4.42 Å². The summed E-state index contributed by atoms with van der Waals surface area (Å²) in [5, 5.41) is 0.997. The van der Waals surface area contributed by atoms with E-state index in [2.05, 4.69) is 15.7 Å². The predicted octanol–water partition coefficient (Wildman–Crippen LogP) is 4.76. The third-order valence-electron chi connectivity index (χ3n) is 6.53. The number of carbonyl (C=O) groups excluding carboxylic acids is 1. The molecule has 1 saturated carbocycles. The van der Waals surface area contributed by atoms with Crippen LogP contribution in [-0.4, -0.2) is 33.4 Å². The van der Waals surface area contributed by atoms with E-state index in [-0.39, 0.29) is 5.91 Å². The average molecular weight is 377 g/mol. The van der Waals surface area contributed by atoms with Gasteiger partial charge >= 0.3 is 0 Å². The lowest BCUT2D eigenvalue weighted by molar-refractivity contribution is 0.0680. The van der Waals surface area contributed by atoms with E-state index in [0.717, 1.165) is 54.9 Å². The molecule has 5 heteroatoms. The summed E-state index contributed by atoms with van der Waals surface area (Å²) >= 11 is 0. The minimum Gasteiger partial charge on any atom is -0.451 e. The summed E-state index contributed by atoms with van der Waals surface area (Å²) in [5.41, 5.74) is 1.88. The van der Waals surface area contributed by atoms with Crippen LogP contribution in [0.3, 0.4) is 0 Å². The lowest BCUT2D eigenvalue weighted by Crippen LogP contribution is -2.38. The van der Waals surface area contributed by atoms with E-state index in [9.17, 15) is 4.79 Å². The molecule has 28 heavy (non-hydrogen) atoms. The molecule has 5 rings (SSSR count). The first-order valence-electron chi connectivity index (χ1n) is 10.5. The van der Waals surface area contributed by atoms with E-state index < -0.39 is 0 Å². The Morgan fingerprint density at radius 3 is 2.75 bits per heavy atom. The molecule has 1 aliphatic carbocycles. The van der Waals surface area contributed by atoms with Gasteiger partial charge in [0.25, 0.3) is 5.91 Å². The number of carbonyl (C=O) groups is 1. The highest BCUT2D eigenvalue weighted by Crippen LogP contribution is 2.32. The smallest absolute Gasteiger partial charge is 0.289 e. The van der Waals surface area contributed by atoms with Crippen molar-refractivity contribution in [2.45, 2.75) is 51.5 Å². The molecule has 0 atom stereocenters. The highest BCUT2D eigenvalue weighted by molar-refractivity contribution is 5.96. The number of aromatic nitrogens is 2. The van der Waals surface area contributed by atoms with Crippen LogP contribution in [0.15, 0.2) is 41.1 Å². The Morgan fingerprint density at radius 1 is 1.21 bits per heavy atom. The summed E-state index contributed by atoms with van der Waals surface area (Å²) in [5.74, 6) is 2.93. The first kappa shape index (κ1) is 17.5. The van der Waals surface area contributed by atoms with Crippen LogP contribution in [0.2, 0.25) is 0 Å². The van der Waals surface area contributed by atoms with Crippen LogP contribution >= 0.6 is 0 Å². The van der Waals surface area contributed by atoms with Crippen molar-refractivity contribution < 1.29 is 9.21 Å². The largest absolute Gasteiger partial charge is 0.451 e. The number of furan rings is 1. The number of imidazole rings is 1. The number of benzene rings is 1. The average Bonchev–Trinajstić information content (AvgIpc) is 3.32. The van der Waals surface area contributed by atoms with Gasteiger partial charge in [-0.1, -0.05) is 24.6 Å². The van der Waals surface area contributed by atoms with Crippen molar-refractivity contribution in [2.75, 3.05) is 13.1 Å². The molecule has 2 aliphatic rings. The highest BCUT2D eigenvalue weighted by atomic mass is 16.3. The lowest BCUT2D eigenvalue weighted by Gasteiger charge is -2.32. The number of hydrogen-bond acceptors (Lipinski definition) is 3. The normalized spacial score (nSPS) is 18.5. The number of nitrogens with zero attached hydrogens (tertiary/aromatic N) is 3. The zero-order valence-electron chi connectivity index (χ0n) is 16.4. The van der Waals surface area contributed by atoms with Crippen molar-refractivity contribution in [1.82, 2.24) is 14.5 Å². The van der Waals surface area contributed by atoms with Crippen molar-refractivity contribution >= 4 is 16.9 Å². The standard InChI is InChI=1S/C23H27N3O2/c1-16-4-2-7-19-14-20(28-21(16)19)23(27)25-11-8-18(9-12-25)22-24-10-13-26(22)15-17-5-3-6-17/h2,4,7,10,13-14,17-18H,3,5-6,8-9,11-12,15H2,1H3. The van der Waals surface area contributed by atoms with Crippen molar-refractivity contribution in [3.63, 3.8) is 0 Å². The van der Waals surface area contributed by atoms with E-state index in [1.165, 1.54) is 25.1 Å². The van der Waals surface area contributed by atoms with Crippen molar-refractivity contribution in [3.8, 4) is 0 Å². The summed E-state index contributed by atoms with van der Waals surface area (Å²) in [6, 6.07) is 7.88.